The molecule has 1 aliphatic carbocycles. The molecule has 5 nitrogen and oxygen atoms in total. The van der Waals surface area contributed by atoms with Crippen LogP contribution in [0.3, 0.4) is 0 Å². The Kier molecular flexibility index (Phi) is 2.29. The zero-order valence-corrected chi connectivity index (χ0v) is 10.1. The van der Waals surface area contributed by atoms with Gasteiger partial charge in [0.2, 0.25) is 5.28 Å². The van der Waals surface area contributed by atoms with Gasteiger partial charge in [-0.1, -0.05) is 0 Å². The Bertz CT molecular complexity index is 573. The molecule has 0 aliphatic heterocycles. The normalized spacial score (nSPS) is 15.2. The number of aromatic nitrogens is 4. The second kappa shape index (κ2) is 3.70. The van der Waals surface area contributed by atoms with Gasteiger partial charge >= 0.3 is 0 Å². The first kappa shape index (κ1) is 10.5. The lowest BCUT2D eigenvalue weighted by Crippen LogP contribution is -2.07. The minimum absolute atomic E-state index is 0.190. The maximum absolute atomic E-state index is 5.94. The third-order valence-electron chi connectivity index (χ3n) is 2.91. The second-order valence-electron chi connectivity index (χ2n) is 4.27. The monoisotopic (exact) mass is 249 g/mol. The number of halogens is 1. The summed E-state index contributed by atoms with van der Waals surface area (Å²) in [6.07, 6.45) is 4.30. The Morgan fingerprint density at radius 2 is 2.18 bits per heavy atom. The maximum Gasteiger partial charge on any atom is 0.224 e. The summed E-state index contributed by atoms with van der Waals surface area (Å²) in [6, 6.07) is 2.00. The lowest BCUT2D eigenvalue weighted by atomic mass is 10.3. The number of anilines is 1. The van der Waals surface area contributed by atoms with E-state index in [1.54, 1.807) is 11.6 Å². The summed E-state index contributed by atoms with van der Waals surface area (Å²) in [7, 11) is 0. The summed E-state index contributed by atoms with van der Waals surface area (Å²) < 4.78 is 1.67. The van der Waals surface area contributed by atoms with Crippen LogP contribution in [0.15, 0.2) is 12.3 Å². The van der Waals surface area contributed by atoms with Crippen LogP contribution in [0, 0.1) is 6.92 Å². The molecule has 17 heavy (non-hydrogen) atoms. The molecule has 2 heterocycles. The minimum atomic E-state index is 0.190. The predicted molar refractivity (Wildman–Crippen MR) is 65.3 cm³/mol. The molecule has 0 radical (unpaired) electrons. The van der Waals surface area contributed by atoms with Crippen molar-refractivity contribution in [1.82, 2.24) is 19.7 Å². The summed E-state index contributed by atoms with van der Waals surface area (Å²) >= 11 is 5.83. The molecule has 0 spiro atoms. The Hall–Kier alpha value is -1.62. The molecule has 2 aromatic heterocycles. The van der Waals surface area contributed by atoms with Crippen molar-refractivity contribution in [3.8, 4) is 5.82 Å². The summed E-state index contributed by atoms with van der Waals surface area (Å²) in [5.41, 5.74) is 8.22. The first-order valence-electron chi connectivity index (χ1n) is 5.50. The second-order valence-corrected chi connectivity index (χ2v) is 4.61. The third-order valence-corrected chi connectivity index (χ3v) is 3.08. The van der Waals surface area contributed by atoms with E-state index in [9.17, 15) is 0 Å². The number of hydrogen-bond donors (Lipinski definition) is 1. The summed E-state index contributed by atoms with van der Waals surface area (Å²) in [5.74, 6) is 1.16. The lowest BCUT2D eigenvalue weighted by Gasteiger charge is -2.06. The molecule has 88 valence electrons. The number of nitrogen functional groups attached to an aromatic ring is 1. The zero-order chi connectivity index (χ0) is 12.0. The number of nitrogens with two attached hydrogens (primary N) is 1. The molecule has 2 N–H and O–H groups in total. The van der Waals surface area contributed by atoms with E-state index in [-0.39, 0.29) is 5.28 Å². The summed E-state index contributed by atoms with van der Waals surface area (Å²) in [6.45, 7) is 1.80. The smallest absolute Gasteiger partial charge is 0.224 e. The molecule has 1 aliphatic rings. The molecule has 0 bridgehead atoms. The van der Waals surface area contributed by atoms with Crippen molar-refractivity contribution in [2.75, 3.05) is 5.73 Å². The Morgan fingerprint density at radius 1 is 1.41 bits per heavy atom. The molecule has 2 aromatic rings. The van der Waals surface area contributed by atoms with Gasteiger partial charge in [0.15, 0.2) is 5.82 Å². The molecule has 0 saturated heterocycles. The standard InChI is InChI=1S/C11H12ClN5/c1-6-9(13)10(15-11(12)14-6)17-5-4-8(16-17)7-2-3-7/h4-5,7H,2-3,13H2,1H3. The van der Waals surface area contributed by atoms with Gasteiger partial charge in [-0.2, -0.15) is 10.1 Å². The van der Waals surface area contributed by atoms with Crippen molar-refractivity contribution < 1.29 is 0 Å². The van der Waals surface area contributed by atoms with Gasteiger partial charge in [-0.25, -0.2) is 9.67 Å². The van der Waals surface area contributed by atoms with Crippen LogP contribution in [0.25, 0.3) is 5.82 Å². The molecule has 0 amide bonds. The topological polar surface area (TPSA) is 69.6 Å². The van der Waals surface area contributed by atoms with E-state index in [0.29, 0.717) is 23.1 Å². The van der Waals surface area contributed by atoms with Crippen LogP contribution in [0.2, 0.25) is 5.28 Å². The van der Waals surface area contributed by atoms with Crippen LogP contribution < -0.4 is 5.73 Å². The van der Waals surface area contributed by atoms with Crippen LogP contribution in [0.4, 0.5) is 5.69 Å². The Labute approximate surface area is 104 Å². The number of rotatable bonds is 2. The van der Waals surface area contributed by atoms with Crippen molar-refractivity contribution in [3.63, 3.8) is 0 Å². The highest BCUT2D eigenvalue weighted by Crippen LogP contribution is 2.39. The molecule has 0 aromatic carbocycles. The molecule has 0 atom stereocenters. The highest BCUT2D eigenvalue weighted by molar-refractivity contribution is 6.28. The van der Waals surface area contributed by atoms with Gasteiger partial charge in [-0.3, -0.25) is 0 Å². The van der Waals surface area contributed by atoms with E-state index in [0.717, 1.165) is 5.69 Å². The first-order chi connectivity index (χ1) is 8.15. The van der Waals surface area contributed by atoms with Crippen molar-refractivity contribution in [1.29, 1.82) is 0 Å². The van der Waals surface area contributed by atoms with E-state index in [2.05, 4.69) is 15.1 Å². The fourth-order valence-corrected chi connectivity index (χ4v) is 1.97. The first-order valence-corrected chi connectivity index (χ1v) is 5.88. The molecule has 0 unspecified atom stereocenters. The molecular formula is C11H12ClN5. The minimum Gasteiger partial charge on any atom is -0.394 e. The Balaban J connectivity index is 2.07. The van der Waals surface area contributed by atoms with E-state index < -0.39 is 0 Å². The van der Waals surface area contributed by atoms with Gasteiger partial charge in [0, 0.05) is 12.1 Å². The predicted octanol–water partition coefficient (Wildman–Crippen LogP) is 2.08. The maximum atomic E-state index is 5.94. The quantitative estimate of drug-likeness (QED) is 0.828. The summed E-state index contributed by atoms with van der Waals surface area (Å²) in [4.78, 5) is 8.13. The van der Waals surface area contributed by atoms with E-state index in [1.807, 2.05) is 12.3 Å². The van der Waals surface area contributed by atoms with Crippen LogP contribution in [0.1, 0.15) is 30.1 Å². The fraction of sp³-hybridized carbons (Fsp3) is 0.364. The average Bonchev–Trinajstić information content (AvgIpc) is 3.02. The lowest BCUT2D eigenvalue weighted by molar-refractivity contribution is 0.808. The van der Waals surface area contributed by atoms with Gasteiger partial charge in [0.25, 0.3) is 0 Å². The fourth-order valence-electron chi connectivity index (χ4n) is 1.76. The van der Waals surface area contributed by atoms with Crippen molar-refractivity contribution in [2.45, 2.75) is 25.7 Å². The van der Waals surface area contributed by atoms with Crippen LogP contribution in [-0.2, 0) is 0 Å². The SMILES string of the molecule is Cc1nc(Cl)nc(-n2ccc(C3CC3)n2)c1N. The van der Waals surface area contributed by atoms with Gasteiger partial charge in [-0.05, 0) is 37.4 Å². The largest absolute Gasteiger partial charge is 0.394 e. The van der Waals surface area contributed by atoms with Crippen LogP contribution >= 0.6 is 11.6 Å². The van der Waals surface area contributed by atoms with Crippen LogP contribution in [-0.4, -0.2) is 19.7 Å². The highest BCUT2D eigenvalue weighted by Gasteiger charge is 2.26. The third kappa shape index (κ3) is 1.86. The molecule has 3 rings (SSSR count). The van der Waals surface area contributed by atoms with Gasteiger partial charge in [-0.15, -0.1) is 0 Å². The van der Waals surface area contributed by atoms with Crippen molar-refractivity contribution >= 4 is 17.3 Å². The summed E-state index contributed by atoms with van der Waals surface area (Å²) in [5, 5.41) is 4.66. The molecular weight excluding hydrogens is 238 g/mol. The van der Waals surface area contributed by atoms with Gasteiger partial charge in [0.05, 0.1) is 17.1 Å². The number of hydrogen-bond acceptors (Lipinski definition) is 4. The van der Waals surface area contributed by atoms with E-state index in [4.69, 9.17) is 17.3 Å². The molecule has 1 saturated carbocycles. The van der Waals surface area contributed by atoms with E-state index >= 15 is 0 Å². The zero-order valence-electron chi connectivity index (χ0n) is 9.39. The van der Waals surface area contributed by atoms with Crippen LogP contribution in [0.5, 0.6) is 0 Å². The van der Waals surface area contributed by atoms with Gasteiger partial charge < -0.3 is 5.73 Å². The molecule has 6 heteroatoms. The van der Waals surface area contributed by atoms with Gasteiger partial charge in [0.1, 0.15) is 0 Å². The Morgan fingerprint density at radius 3 is 2.88 bits per heavy atom. The van der Waals surface area contributed by atoms with Crippen molar-refractivity contribution in [3.05, 3.63) is 28.9 Å². The van der Waals surface area contributed by atoms with Crippen molar-refractivity contribution in [2.24, 2.45) is 0 Å². The average molecular weight is 250 g/mol. The number of nitrogens with zero attached hydrogens (tertiary/aromatic N) is 4. The highest BCUT2D eigenvalue weighted by atomic mass is 35.5. The number of aryl methyl sites for hydroxylation is 1. The molecule has 1 fully saturated rings. The van der Waals surface area contributed by atoms with E-state index in [1.165, 1.54) is 12.8 Å².